The average molecular weight is 370 g/mol. The van der Waals surface area contributed by atoms with Crippen LogP contribution in [0.25, 0.3) is 5.69 Å². The number of hydrogen-bond donors (Lipinski definition) is 0. The molecule has 0 bridgehead atoms. The van der Waals surface area contributed by atoms with Crippen LogP contribution >= 0.6 is 0 Å². The number of carbonyl (C=O) groups is 2. The van der Waals surface area contributed by atoms with Gasteiger partial charge >= 0.3 is 5.97 Å². The fourth-order valence-electron chi connectivity index (χ4n) is 2.71. The van der Waals surface area contributed by atoms with E-state index < -0.39 is 5.97 Å². The number of rotatable bonds is 5. The van der Waals surface area contributed by atoms with E-state index in [0.717, 1.165) is 5.69 Å². The van der Waals surface area contributed by atoms with E-state index in [1.165, 1.54) is 11.0 Å². The second-order valence-electron chi connectivity index (χ2n) is 5.88. The molecule has 7 heteroatoms. The molecule has 0 aliphatic heterocycles. The normalized spacial score (nSPS) is 10.4. The molecule has 0 unspecified atom stereocenters. The molecule has 0 saturated heterocycles. The van der Waals surface area contributed by atoms with Gasteiger partial charge in [-0.2, -0.15) is 0 Å². The van der Waals surface area contributed by atoms with Crippen molar-refractivity contribution in [1.29, 1.82) is 0 Å². The van der Waals surface area contributed by atoms with Crippen molar-refractivity contribution in [3.05, 3.63) is 102 Å². The van der Waals surface area contributed by atoms with Crippen molar-refractivity contribution in [1.82, 2.24) is 20.2 Å². The van der Waals surface area contributed by atoms with Gasteiger partial charge in [-0.1, -0.05) is 48.5 Å². The lowest BCUT2D eigenvalue weighted by molar-refractivity contribution is 0.0730. The monoisotopic (exact) mass is 370 g/mol. The van der Waals surface area contributed by atoms with Crippen LogP contribution in [0, 0.1) is 0 Å². The number of benzene rings is 3. The number of carbonyl (C=O) groups excluding carboxylic acids is 2. The molecule has 0 aliphatic carbocycles. The molecule has 0 fully saturated rings. The SMILES string of the molecule is O=C(Oc1ccc(-n2cnnn2)cc1)c1ccccc1C(=O)c1ccccc1. The number of ether oxygens (including phenoxy) is 1. The molecule has 0 saturated carbocycles. The van der Waals surface area contributed by atoms with E-state index in [0.29, 0.717) is 16.9 Å². The third-order valence-electron chi connectivity index (χ3n) is 4.09. The molecule has 0 amide bonds. The molecule has 0 radical (unpaired) electrons. The number of ketones is 1. The lowest BCUT2D eigenvalue weighted by atomic mass is 9.98. The summed E-state index contributed by atoms with van der Waals surface area (Å²) in [6.07, 6.45) is 1.46. The fourth-order valence-corrected chi connectivity index (χ4v) is 2.71. The van der Waals surface area contributed by atoms with Crippen molar-refractivity contribution < 1.29 is 14.3 Å². The van der Waals surface area contributed by atoms with Crippen LogP contribution in [-0.4, -0.2) is 32.0 Å². The second kappa shape index (κ2) is 7.63. The highest BCUT2D eigenvalue weighted by atomic mass is 16.5. The lowest BCUT2D eigenvalue weighted by Crippen LogP contribution is -2.14. The molecule has 1 heterocycles. The predicted octanol–water partition coefficient (Wildman–Crippen LogP) is 3.11. The minimum atomic E-state index is -0.602. The Morgan fingerprint density at radius 3 is 2.14 bits per heavy atom. The molecule has 4 rings (SSSR count). The summed E-state index contributed by atoms with van der Waals surface area (Å²) in [7, 11) is 0. The minimum Gasteiger partial charge on any atom is -0.423 e. The van der Waals surface area contributed by atoms with Gasteiger partial charge in [0, 0.05) is 11.1 Å². The van der Waals surface area contributed by atoms with E-state index in [-0.39, 0.29) is 11.3 Å². The van der Waals surface area contributed by atoms with Crippen molar-refractivity contribution >= 4 is 11.8 Å². The van der Waals surface area contributed by atoms with Gasteiger partial charge in [0.1, 0.15) is 12.1 Å². The summed E-state index contributed by atoms with van der Waals surface area (Å²) in [5.41, 5.74) is 1.74. The molecule has 7 nitrogen and oxygen atoms in total. The first kappa shape index (κ1) is 17.3. The van der Waals surface area contributed by atoms with E-state index >= 15 is 0 Å². The molecular weight excluding hydrogens is 356 g/mol. The fraction of sp³-hybridized carbons (Fsp3) is 0. The van der Waals surface area contributed by atoms with E-state index in [2.05, 4.69) is 15.5 Å². The summed E-state index contributed by atoms with van der Waals surface area (Å²) in [6.45, 7) is 0. The summed E-state index contributed by atoms with van der Waals surface area (Å²) in [4.78, 5) is 25.4. The topological polar surface area (TPSA) is 87.0 Å². The van der Waals surface area contributed by atoms with Gasteiger partial charge in [-0.25, -0.2) is 9.48 Å². The highest BCUT2D eigenvalue weighted by Crippen LogP contribution is 2.19. The van der Waals surface area contributed by atoms with E-state index in [1.54, 1.807) is 72.8 Å². The molecule has 0 aliphatic rings. The van der Waals surface area contributed by atoms with E-state index in [4.69, 9.17) is 4.74 Å². The summed E-state index contributed by atoms with van der Waals surface area (Å²) in [5.74, 6) is -0.485. The van der Waals surface area contributed by atoms with Crippen molar-refractivity contribution in [3.63, 3.8) is 0 Å². The smallest absolute Gasteiger partial charge is 0.344 e. The lowest BCUT2D eigenvalue weighted by Gasteiger charge is -2.09. The summed E-state index contributed by atoms with van der Waals surface area (Å²) < 4.78 is 6.93. The van der Waals surface area contributed by atoms with Crippen LogP contribution in [0.2, 0.25) is 0 Å². The van der Waals surface area contributed by atoms with Gasteiger partial charge in [-0.05, 0) is 40.8 Å². The summed E-state index contributed by atoms with van der Waals surface area (Å²) in [5, 5.41) is 10.9. The maximum Gasteiger partial charge on any atom is 0.344 e. The highest BCUT2D eigenvalue weighted by molar-refractivity contribution is 6.14. The maximum atomic E-state index is 12.8. The Bertz CT molecular complexity index is 1110. The van der Waals surface area contributed by atoms with Crippen molar-refractivity contribution in [2.75, 3.05) is 0 Å². The summed E-state index contributed by atoms with van der Waals surface area (Å²) >= 11 is 0. The van der Waals surface area contributed by atoms with Gasteiger partial charge in [-0.15, -0.1) is 5.10 Å². The predicted molar refractivity (Wildman–Crippen MR) is 100 cm³/mol. The van der Waals surface area contributed by atoms with Crippen LogP contribution in [0.3, 0.4) is 0 Å². The second-order valence-corrected chi connectivity index (χ2v) is 5.88. The van der Waals surface area contributed by atoms with Crippen LogP contribution in [0.4, 0.5) is 0 Å². The van der Waals surface area contributed by atoms with Crippen LogP contribution in [0.15, 0.2) is 85.2 Å². The van der Waals surface area contributed by atoms with Crippen molar-refractivity contribution in [3.8, 4) is 11.4 Å². The zero-order chi connectivity index (χ0) is 19.3. The Kier molecular flexibility index (Phi) is 4.71. The zero-order valence-electron chi connectivity index (χ0n) is 14.6. The van der Waals surface area contributed by atoms with Crippen LogP contribution in [-0.2, 0) is 0 Å². The Balaban J connectivity index is 1.56. The minimum absolute atomic E-state index is 0.209. The van der Waals surface area contributed by atoms with Gasteiger partial charge in [0.05, 0.1) is 11.3 Å². The first-order chi connectivity index (χ1) is 13.7. The molecule has 0 N–H and O–H groups in total. The largest absolute Gasteiger partial charge is 0.423 e. The molecule has 4 aromatic rings. The number of nitrogens with zero attached hydrogens (tertiary/aromatic N) is 4. The average Bonchev–Trinajstić information content (AvgIpc) is 3.29. The number of esters is 1. The first-order valence-electron chi connectivity index (χ1n) is 8.47. The third kappa shape index (κ3) is 3.54. The Labute approximate surface area is 160 Å². The summed E-state index contributed by atoms with van der Waals surface area (Å²) in [6, 6.07) is 22.1. The number of hydrogen-bond acceptors (Lipinski definition) is 6. The Morgan fingerprint density at radius 1 is 0.786 bits per heavy atom. The van der Waals surface area contributed by atoms with Crippen molar-refractivity contribution in [2.24, 2.45) is 0 Å². The molecule has 136 valence electrons. The molecule has 0 atom stereocenters. The molecule has 0 spiro atoms. The molecule has 3 aromatic carbocycles. The van der Waals surface area contributed by atoms with Gasteiger partial charge in [0.15, 0.2) is 5.78 Å². The van der Waals surface area contributed by atoms with Gasteiger partial charge < -0.3 is 4.74 Å². The first-order valence-corrected chi connectivity index (χ1v) is 8.47. The van der Waals surface area contributed by atoms with Gasteiger partial charge in [0.2, 0.25) is 0 Å². The quantitative estimate of drug-likeness (QED) is 0.305. The molecule has 28 heavy (non-hydrogen) atoms. The number of tetrazole rings is 1. The van der Waals surface area contributed by atoms with Crippen LogP contribution in [0.5, 0.6) is 5.75 Å². The highest BCUT2D eigenvalue weighted by Gasteiger charge is 2.19. The standard InChI is InChI=1S/C21H14N4O3/c26-20(15-6-2-1-3-7-15)18-8-4-5-9-19(18)21(27)28-17-12-10-16(11-13-17)25-14-22-23-24-25/h1-14H. The number of aromatic nitrogens is 4. The Morgan fingerprint density at radius 2 is 1.46 bits per heavy atom. The van der Waals surface area contributed by atoms with E-state index in [1.807, 2.05) is 6.07 Å². The van der Waals surface area contributed by atoms with Crippen LogP contribution in [0.1, 0.15) is 26.3 Å². The maximum absolute atomic E-state index is 12.8. The van der Waals surface area contributed by atoms with Gasteiger partial charge in [0.25, 0.3) is 0 Å². The van der Waals surface area contributed by atoms with E-state index in [9.17, 15) is 9.59 Å². The zero-order valence-corrected chi connectivity index (χ0v) is 14.6. The van der Waals surface area contributed by atoms with Crippen LogP contribution < -0.4 is 4.74 Å². The van der Waals surface area contributed by atoms with Crippen molar-refractivity contribution in [2.45, 2.75) is 0 Å². The molecule has 1 aromatic heterocycles. The third-order valence-corrected chi connectivity index (χ3v) is 4.09. The van der Waals surface area contributed by atoms with Gasteiger partial charge in [-0.3, -0.25) is 4.79 Å². The molecular formula is C21H14N4O3. The Hall–Kier alpha value is -4.13.